The van der Waals surface area contributed by atoms with Gasteiger partial charge in [-0.2, -0.15) is 0 Å². The minimum Gasteiger partial charge on any atom is -0.612 e. The Morgan fingerprint density at radius 2 is 1.69 bits per heavy atom. The number of likely N-dealkylation sites (N-methyl/N-ethyl adjacent to an activating group) is 1. The molecule has 1 amide bonds. The van der Waals surface area contributed by atoms with Crippen molar-refractivity contribution in [1.29, 1.82) is 0 Å². The van der Waals surface area contributed by atoms with E-state index in [4.69, 9.17) is 23.2 Å². The van der Waals surface area contributed by atoms with Crippen molar-refractivity contribution in [1.82, 2.24) is 14.9 Å². The molecule has 272 valence electrons. The molecule has 4 aromatic carbocycles. The van der Waals surface area contributed by atoms with Gasteiger partial charge in [0.1, 0.15) is 6.26 Å². The summed E-state index contributed by atoms with van der Waals surface area (Å²) in [4.78, 5) is 17.0. The van der Waals surface area contributed by atoms with Crippen LogP contribution in [0.4, 0.5) is 0 Å². The highest BCUT2D eigenvalue weighted by Gasteiger charge is 2.35. The van der Waals surface area contributed by atoms with Crippen molar-refractivity contribution < 1.29 is 17.8 Å². The Morgan fingerprint density at radius 3 is 2.41 bits per heavy atom. The van der Waals surface area contributed by atoms with Crippen LogP contribution in [-0.2, 0) is 21.0 Å². The zero-order valence-electron chi connectivity index (χ0n) is 29.6. The number of carbonyl (C=O) groups is 1. The summed E-state index contributed by atoms with van der Waals surface area (Å²) in [5, 5.41) is 7.52. The molecular formula is C40H47Cl2N3O4S2. The van der Waals surface area contributed by atoms with Crippen molar-refractivity contribution in [2.75, 3.05) is 45.7 Å². The zero-order chi connectivity index (χ0) is 36.3. The van der Waals surface area contributed by atoms with Crippen molar-refractivity contribution >= 4 is 60.9 Å². The largest absolute Gasteiger partial charge is 0.612 e. The molecule has 4 aromatic rings. The minimum absolute atomic E-state index is 0.0583. The Bertz CT molecular complexity index is 1970. The molecule has 0 aromatic heterocycles. The second-order valence-corrected chi connectivity index (χ2v) is 18.3. The van der Waals surface area contributed by atoms with E-state index < -0.39 is 21.0 Å². The molecule has 2 saturated heterocycles. The number of piperidine rings is 2. The van der Waals surface area contributed by atoms with Gasteiger partial charge < -0.3 is 9.45 Å². The van der Waals surface area contributed by atoms with Gasteiger partial charge >= 0.3 is 0 Å². The van der Waals surface area contributed by atoms with Gasteiger partial charge in [0.25, 0.3) is 5.91 Å². The fourth-order valence-corrected chi connectivity index (χ4v) is 9.81. The van der Waals surface area contributed by atoms with E-state index >= 15 is 0 Å². The maximum absolute atomic E-state index is 14.2. The van der Waals surface area contributed by atoms with Crippen LogP contribution in [0.1, 0.15) is 78.3 Å². The molecule has 6 rings (SSSR count). The van der Waals surface area contributed by atoms with E-state index in [1.54, 1.807) is 24.3 Å². The smallest absolute Gasteiger partial charge is 0.254 e. The van der Waals surface area contributed by atoms with Gasteiger partial charge in [0, 0.05) is 62.6 Å². The number of hydrazine groups is 1. The van der Waals surface area contributed by atoms with Crippen molar-refractivity contribution in [2.45, 2.75) is 72.6 Å². The van der Waals surface area contributed by atoms with Gasteiger partial charge in [0.05, 0.1) is 14.9 Å². The molecule has 7 nitrogen and oxygen atoms in total. The Kier molecular flexibility index (Phi) is 12.4. The molecule has 2 fully saturated rings. The molecule has 2 heterocycles. The van der Waals surface area contributed by atoms with Crippen LogP contribution in [0.5, 0.6) is 0 Å². The van der Waals surface area contributed by atoms with E-state index in [1.165, 1.54) is 37.1 Å². The standard InChI is InChI=1S/C40H47Cl2N3O4S2/c1-43(40(46)36-26-33(51(3,48)49)24-29-11-5-6-12-34(29)36)27-31(28-16-18-37(41)38(42)25-28)15-17-32-23-30(35-13-7-8-14-39(35)50(2)47)19-22-45(32)44-20-9-4-10-21-44/h5-8,11-14,16,18,24-26,30-32H,4,9-10,15,17,19-23,27H2,1-3H3/t30?,31-,32?,50+/m1/s1. The second-order valence-electron chi connectivity index (χ2n) is 14.1. The third-order valence-corrected chi connectivity index (χ3v) is 13.5. The van der Waals surface area contributed by atoms with Gasteiger partial charge in [-0.1, -0.05) is 78.2 Å². The summed E-state index contributed by atoms with van der Waals surface area (Å²) < 4.78 is 38.0. The summed E-state index contributed by atoms with van der Waals surface area (Å²) in [6, 6.07) is 24.7. The number of sulfone groups is 1. The maximum Gasteiger partial charge on any atom is 0.254 e. The number of amides is 1. The average Bonchev–Trinajstić information content (AvgIpc) is 3.13. The van der Waals surface area contributed by atoms with Gasteiger partial charge in [0.2, 0.25) is 0 Å². The molecule has 0 bridgehead atoms. The molecule has 0 saturated carbocycles. The quantitative estimate of drug-likeness (QED) is 0.142. The number of carbonyl (C=O) groups excluding carboxylic acids is 1. The fourth-order valence-electron chi connectivity index (χ4n) is 7.99. The molecule has 2 unspecified atom stereocenters. The molecule has 51 heavy (non-hydrogen) atoms. The van der Waals surface area contributed by atoms with Crippen molar-refractivity contribution in [2.24, 2.45) is 0 Å². The van der Waals surface area contributed by atoms with Crippen LogP contribution in [0.25, 0.3) is 10.8 Å². The van der Waals surface area contributed by atoms with E-state index in [0.717, 1.165) is 55.8 Å². The first kappa shape index (κ1) is 38.1. The molecule has 2 aliphatic heterocycles. The first-order chi connectivity index (χ1) is 24.4. The summed E-state index contributed by atoms with van der Waals surface area (Å²) in [7, 11) is -1.76. The van der Waals surface area contributed by atoms with Crippen LogP contribution < -0.4 is 0 Å². The lowest BCUT2D eigenvalue weighted by molar-refractivity contribution is -0.0952. The number of halogens is 2. The van der Waals surface area contributed by atoms with Crippen LogP contribution in [0.15, 0.2) is 88.7 Å². The van der Waals surface area contributed by atoms with E-state index in [0.29, 0.717) is 38.8 Å². The van der Waals surface area contributed by atoms with E-state index in [1.807, 2.05) is 54.6 Å². The van der Waals surface area contributed by atoms with Crippen LogP contribution in [0, 0.1) is 0 Å². The Morgan fingerprint density at radius 1 is 0.961 bits per heavy atom. The Labute approximate surface area is 316 Å². The predicted octanol–water partition coefficient (Wildman–Crippen LogP) is 8.57. The number of hydrogen-bond donors (Lipinski definition) is 0. The summed E-state index contributed by atoms with van der Waals surface area (Å²) in [6.07, 6.45) is 10.2. The van der Waals surface area contributed by atoms with Crippen molar-refractivity contribution in [3.05, 3.63) is 106 Å². The van der Waals surface area contributed by atoms with Gasteiger partial charge in [0.15, 0.2) is 14.7 Å². The van der Waals surface area contributed by atoms with E-state index in [-0.39, 0.29) is 22.8 Å². The van der Waals surface area contributed by atoms with Gasteiger partial charge in [-0.25, -0.2) is 18.4 Å². The fraction of sp³-hybridized carbons (Fsp3) is 0.425. The first-order valence-corrected chi connectivity index (χ1v) is 22.0. The SMILES string of the molecule is CN(C[C@@H](CCC1CC(c2ccccc2[S@+](C)[O-])CCN1N1CCCCC1)c1ccc(Cl)c(Cl)c1)C(=O)c1cc(S(C)(=O)=O)cc2ccccc12. The molecule has 11 heteroatoms. The van der Waals surface area contributed by atoms with Gasteiger partial charge in [-0.05, 0) is 102 Å². The molecule has 0 spiro atoms. The highest BCUT2D eigenvalue weighted by molar-refractivity contribution is 7.91. The van der Waals surface area contributed by atoms with Crippen molar-refractivity contribution in [3.8, 4) is 0 Å². The third kappa shape index (κ3) is 8.95. The lowest BCUT2D eigenvalue weighted by Crippen LogP contribution is -2.54. The zero-order valence-corrected chi connectivity index (χ0v) is 32.7. The molecule has 0 radical (unpaired) electrons. The summed E-state index contributed by atoms with van der Waals surface area (Å²) in [5.41, 5.74) is 2.56. The number of fused-ring (bicyclic) bond motifs is 1. The summed E-state index contributed by atoms with van der Waals surface area (Å²) in [5.74, 6) is 0.00918. The Hall–Kier alpha value is -2.63. The van der Waals surface area contributed by atoms with Crippen LogP contribution in [0.3, 0.4) is 0 Å². The highest BCUT2D eigenvalue weighted by Crippen LogP contribution is 2.39. The molecule has 0 N–H and O–H groups in total. The van der Waals surface area contributed by atoms with Crippen LogP contribution in [-0.4, -0.2) is 85.6 Å². The number of benzene rings is 4. The molecular weight excluding hydrogens is 721 g/mol. The van der Waals surface area contributed by atoms with Crippen LogP contribution >= 0.6 is 23.2 Å². The third-order valence-electron chi connectivity index (χ3n) is 10.6. The number of rotatable bonds is 11. The van der Waals surface area contributed by atoms with E-state index in [2.05, 4.69) is 22.2 Å². The van der Waals surface area contributed by atoms with Crippen LogP contribution in [0.2, 0.25) is 10.0 Å². The average molecular weight is 769 g/mol. The van der Waals surface area contributed by atoms with E-state index in [9.17, 15) is 17.8 Å². The molecule has 4 atom stereocenters. The first-order valence-electron chi connectivity index (χ1n) is 17.8. The second kappa shape index (κ2) is 16.6. The lowest BCUT2D eigenvalue weighted by atomic mass is 9.82. The topological polar surface area (TPSA) is 84.0 Å². The molecule has 2 aliphatic rings. The highest BCUT2D eigenvalue weighted by atomic mass is 35.5. The number of nitrogens with zero attached hydrogens (tertiary/aromatic N) is 3. The lowest BCUT2D eigenvalue weighted by Gasteiger charge is -2.47. The molecule has 0 aliphatic carbocycles. The normalized spacial score (nSPS) is 20.3. The van der Waals surface area contributed by atoms with Gasteiger partial charge in [-0.3, -0.25) is 4.79 Å². The summed E-state index contributed by atoms with van der Waals surface area (Å²) >= 11 is 11.9. The Balaban J connectivity index is 1.29. The monoisotopic (exact) mass is 767 g/mol. The maximum atomic E-state index is 14.2. The number of hydrogen-bond acceptors (Lipinski definition) is 6. The van der Waals surface area contributed by atoms with Crippen molar-refractivity contribution in [3.63, 3.8) is 0 Å². The minimum atomic E-state index is -3.54. The summed E-state index contributed by atoms with van der Waals surface area (Å²) in [6.45, 7) is 3.47. The van der Waals surface area contributed by atoms with Gasteiger partial charge in [-0.15, -0.1) is 0 Å². The predicted molar refractivity (Wildman–Crippen MR) is 209 cm³/mol.